The monoisotopic (exact) mass is 338 g/mol. The summed E-state index contributed by atoms with van der Waals surface area (Å²) < 4.78 is 39.9. The molecule has 0 N–H and O–H groups in total. The molecule has 3 nitrogen and oxygen atoms in total. The van der Waals surface area contributed by atoms with Gasteiger partial charge in [-0.25, -0.2) is 4.98 Å². The summed E-state index contributed by atoms with van der Waals surface area (Å²) in [4.78, 5) is 16.4. The van der Waals surface area contributed by atoms with Gasteiger partial charge in [-0.1, -0.05) is 11.6 Å². The second-order valence-electron chi connectivity index (χ2n) is 5.02. The van der Waals surface area contributed by atoms with Crippen molar-refractivity contribution in [3.63, 3.8) is 0 Å². The number of hydrogen-bond donors (Lipinski definition) is 0. The van der Waals surface area contributed by atoms with Crippen LogP contribution in [0, 0.1) is 6.92 Å². The van der Waals surface area contributed by atoms with E-state index in [4.69, 9.17) is 11.6 Å². The minimum absolute atomic E-state index is 0.104. The van der Waals surface area contributed by atoms with Crippen LogP contribution in [0.3, 0.4) is 0 Å². The number of nitrogens with zero attached hydrogens (tertiary/aromatic N) is 2. The van der Waals surface area contributed by atoms with E-state index < -0.39 is 11.7 Å². The fraction of sp³-hybridized carbons (Fsp3) is 0.125. The Labute approximate surface area is 134 Å². The first-order valence-electron chi connectivity index (χ1n) is 6.64. The molecule has 2 aromatic carbocycles. The molecular formula is C16H10ClF3N2O. The van der Waals surface area contributed by atoms with Crippen LogP contribution < -0.4 is 5.56 Å². The topological polar surface area (TPSA) is 34.9 Å². The van der Waals surface area contributed by atoms with Gasteiger partial charge in [0.1, 0.15) is 5.69 Å². The lowest BCUT2D eigenvalue weighted by Gasteiger charge is -2.13. The maximum absolute atomic E-state index is 12.9. The van der Waals surface area contributed by atoms with Crippen molar-refractivity contribution >= 4 is 22.6 Å². The highest BCUT2D eigenvalue weighted by molar-refractivity contribution is 6.30. The van der Waals surface area contributed by atoms with Crippen molar-refractivity contribution in [2.75, 3.05) is 0 Å². The highest BCUT2D eigenvalue weighted by atomic mass is 35.5. The smallest absolute Gasteiger partial charge is 0.274 e. The number of aromatic nitrogens is 2. The van der Waals surface area contributed by atoms with E-state index in [0.29, 0.717) is 16.2 Å². The van der Waals surface area contributed by atoms with Gasteiger partial charge in [0, 0.05) is 10.7 Å². The van der Waals surface area contributed by atoms with Gasteiger partial charge < -0.3 is 0 Å². The Hall–Kier alpha value is -2.34. The molecule has 3 rings (SSSR count). The fourth-order valence-electron chi connectivity index (χ4n) is 2.32. The Bertz CT molecular complexity index is 946. The first-order chi connectivity index (χ1) is 10.8. The highest BCUT2D eigenvalue weighted by Crippen LogP contribution is 2.31. The van der Waals surface area contributed by atoms with Crippen LogP contribution in [-0.2, 0) is 6.18 Å². The van der Waals surface area contributed by atoms with Crippen molar-refractivity contribution < 1.29 is 13.2 Å². The predicted octanol–water partition coefficient (Wildman–Crippen LogP) is 4.37. The molecule has 0 spiro atoms. The van der Waals surface area contributed by atoms with Gasteiger partial charge in [0.05, 0.1) is 16.6 Å². The average molecular weight is 339 g/mol. The van der Waals surface area contributed by atoms with Crippen LogP contribution in [0.15, 0.2) is 47.3 Å². The molecule has 0 radical (unpaired) electrons. The van der Waals surface area contributed by atoms with E-state index in [1.54, 1.807) is 24.3 Å². The molecule has 23 heavy (non-hydrogen) atoms. The molecule has 7 heteroatoms. The van der Waals surface area contributed by atoms with Crippen LogP contribution >= 0.6 is 11.6 Å². The molecule has 0 atom stereocenters. The van der Waals surface area contributed by atoms with Crippen LogP contribution in [0.1, 0.15) is 11.3 Å². The molecular weight excluding hydrogens is 329 g/mol. The van der Waals surface area contributed by atoms with Crippen LogP contribution in [0.2, 0.25) is 5.02 Å². The van der Waals surface area contributed by atoms with Crippen molar-refractivity contribution in [1.29, 1.82) is 0 Å². The molecule has 0 amide bonds. The molecule has 3 aromatic rings. The van der Waals surface area contributed by atoms with Gasteiger partial charge in [0.15, 0.2) is 0 Å². The predicted molar refractivity (Wildman–Crippen MR) is 82.1 cm³/mol. The number of hydrogen-bond acceptors (Lipinski definition) is 2. The minimum atomic E-state index is -4.47. The molecule has 0 saturated heterocycles. The molecule has 118 valence electrons. The Kier molecular flexibility index (Phi) is 3.64. The number of benzene rings is 2. The van der Waals surface area contributed by atoms with E-state index in [9.17, 15) is 18.0 Å². The van der Waals surface area contributed by atoms with Crippen LogP contribution in [0.25, 0.3) is 16.7 Å². The van der Waals surface area contributed by atoms with Crippen LogP contribution in [-0.4, -0.2) is 9.55 Å². The molecule has 0 aliphatic heterocycles. The average Bonchev–Trinajstić information content (AvgIpc) is 2.48. The van der Waals surface area contributed by atoms with Crippen molar-refractivity contribution in [3.8, 4) is 5.69 Å². The van der Waals surface area contributed by atoms with E-state index in [1.165, 1.54) is 17.6 Å². The lowest BCUT2D eigenvalue weighted by Crippen LogP contribution is -2.22. The normalized spacial score (nSPS) is 11.9. The summed E-state index contributed by atoms with van der Waals surface area (Å²) in [6, 6.07) is 9.59. The summed E-state index contributed by atoms with van der Waals surface area (Å²) in [6.07, 6.45) is -4.47. The van der Waals surface area contributed by atoms with Crippen LogP contribution in [0.5, 0.6) is 0 Å². The van der Waals surface area contributed by atoms with Gasteiger partial charge >= 0.3 is 6.18 Å². The third kappa shape index (κ3) is 2.82. The summed E-state index contributed by atoms with van der Waals surface area (Å²) in [7, 11) is 0. The van der Waals surface area contributed by atoms with Gasteiger partial charge in [-0.05, 0) is 49.4 Å². The van der Waals surface area contributed by atoms with Crippen molar-refractivity contribution in [1.82, 2.24) is 9.55 Å². The van der Waals surface area contributed by atoms with Crippen molar-refractivity contribution in [2.45, 2.75) is 13.1 Å². The van der Waals surface area contributed by atoms with E-state index >= 15 is 0 Å². The third-order valence-electron chi connectivity index (χ3n) is 3.43. The Balaban J connectivity index is 2.34. The Morgan fingerprint density at radius 2 is 1.74 bits per heavy atom. The summed E-state index contributed by atoms with van der Waals surface area (Å²) in [6.45, 7) is 1.47. The van der Waals surface area contributed by atoms with E-state index in [2.05, 4.69) is 4.98 Å². The lowest BCUT2D eigenvalue weighted by molar-refractivity contribution is -0.137. The number of aryl methyl sites for hydroxylation is 1. The Morgan fingerprint density at radius 3 is 2.35 bits per heavy atom. The molecule has 0 bridgehead atoms. The first kappa shape index (κ1) is 15.6. The largest absolute Gasteiger partial charge is 0.416 e. The summed E-state index contributed by atoms with van der Waals surface area (Å²) in [5, 5.41) is 0.497. The summed E-state index contributed by atoms with van der Waals surface area (Å²) in [5.74, 6) is 0. The second-order valence-corrected chi connectivity index (χ2v) is 5.45. The maximum Gasteiger partial charge on any atom is 0.416 e. The molecule has 1 heterocycles. The van der Waals surface area contributed by atoms with Gasteiger partial charge in [-0.3, -0.25) is 9.36 Å². The first-order valence-corrected chi connectivity index (χ1v) is 7.02. The number of fused-ring (bicyclic) bond motifs is 1. The highest BCUT2D eigenvalue weighted by Gasteiger charge is 2.31. The third-order valence-corrected chi connectivity index (χ3v) is 3.68. The van der Waals surface area contributed by atoms with E-state index in [0.717, 1.165) is 12.1 Å². The summed E-state index contributed by atoms with van der Waals surface area (Å²) >= 11 is 5.83. The molecule has 1 aromatic heterocycles. The van der Waals surface area contributed by atoms with Gasteiger partial charge in [-0.2, -0.15) is 13.2 Å². The SMILES string of the molecule is Cc1nc2cc(C(F)(F)F)ccc2n(-c2ccc(Cl)cc2)c1=O. The second kappa shape index (κ2) is 5.38. The maximum atomic E-state index is 12.9. The number of rotatable bonds is 1. The fourth-order valence-corrected chi connectivity index (χ4v) is 2.45. The molecule has 0 aliphatic rings. The lowest BCUT2D eigenvalue weighted by atomic mass is 10.1. The molecule has 0 saturated carbocycles. The van der Waals surface area contributed by atoms with Crippen LogP contribution in [0.4, 0.5) is 13.2 Å². The minimum Gasteiger partial charge on any atom is -0.274 e. The number of alkyl halides is 3. The van der Waals surface area contributed by atoms with E-state index in [1.807, 2.05) is 0 Å². The molecule has 0 aliphatic carbocycles. The Morgan fingerprint density at radius 1 is 1.09 bits per heavy atom. The van der Waals surface area contributed by atoms with Crippen molar-refractivity contribution in [3.05, 3.63) is 69.1 Å². The van der Waals surface area contributed by atoms with Crippen molar-refractivity contribution in [2.24, 2.45) is 0 Å². The van der Waals surface area contributed by atoms with E-state index in [-0.39, 0.29) is 16.8 Å². The van der Waals surface area contributed by atoms with Gasteiger partial charge in [0.25, 0.3) is 5.56 Å². The zero-order chi connectivity index (χ0) is 16.8. The van der Waals surface area contributed by atoms with Gasteiger partial charge in [0.2, 0.25) is 0 Å². The quantitative estimate of drug-likeness (QED) is 0.660. The molecule has 0 fully saturated rings. The standard InChI is InChI=1S/C16H10ClF3N2O/c1-9-15(23)22(12-5-3-11(17)4-6-12)14-7-2-10(16(18,19)20)8-13(14)21-9/h2-8H,1H3. The zero-order valence-electron chi connectivity index (χ0n) is 11.9. The number of halogens is 4. The summed E-state index contributed by atoms with van der Waals surface area (Å²) in [5.41, 5.74) is -0.165. The molecule has 0 unspecified atom stereocenters. The van der Waals surface area contributed by atoms with Gasteiger partial charge in [-0.15, -0.1) is 0 Å². The zero-order valence-corrected chi connectivity index (χ0v) is 12.6.